The van der Waals surface area contributed by atoms with E-state index in [1.807, 2.05) is 32.1 Å². The van der Waals surface area contributed by atoms with E-state index in [1.54, 1.807) is 38.2 Å². The number of allylic oxidation sites excluding steroid dienone is 5. The summed E-state index contributed by atoms with van der Waals surface area (Å²) in [5.41, 5.74) is 2.35. The van der Waals surface area contributed by atoms with Crippen molar-refractivity contribution in [3.05, 3.63) is 59.3 Å². The first kappa shape index (κ1) is 23.8. The Bertz CT molecular complexity index is 712. The minimum Gasteiger partial charge on any atom is -0.389 e. The van der Waals surface area contributed by atoms with Crippen LogP contribution in [-0.2, 0) is 9.59 Å². The van der Waals surface area contributed by atoms with E-state index in [2.05, 4.69) is 5.32 Å². The van der Waals surface area contributed by atoms with Gasteiger partial charge < -0.3 is 15.5 Å². The summed E-state index contributed by atoms with van der Waals surface area (Å²) in [4.78, 5) is 24.4. The second-order valence-electron chi connectivity index (χ2n) is 7.45. The number of Topliss-reactive ketones (excluding diaryl/α,β-unsaturated/α-hetero) is 1. The Hall–Kier alpha value is -2.24. The van der Waals surface area contributed by atoms with Crippen molar-refractivity contribution in [1.82, 2.24) is 5.32 Å². The molecule has 154 valence electrons. The largest absolute Gasteiger partial charge is 0.389 e. The van der Waals surface area contributed by atoms with Crippen molar-refractivity contribution in [2.75, 3.05) is 0 Å². The van der Waals surface area contributed by atoms with E-state index in [4.69, 9.17) is 0 Å². The van der Waals surface area contributed by atoms with Gasteiger partial charge in [-0.25, -0.2) is 0 Å². The first-order valence-corrected chi connectivity index (χ1v) is 9.66. The van der Waals surface area contributed by atoms with Crippen molar-refractivity contribution >= 4 is 11.7 Å². The molecule has 0 bridgehead atoms. The average Bonchev–Trinajstić information content (AvgIpc) is 2.64. The third-order valence-corrected chi connectivity index (χ3v) is 4.66. The molecule has 0 radical (unpaired) electrons. The lowest BCUT2D eigenvalue weighted by molar-refractivity contribution is -0.121. The van der Waals surface area contributed by atoms with Crippen LogP contribution in [0.25, 0.3) is 0 Å². The summed E-state index contributed by atoms with van der Waals surface area (Å²) in [5, 5.41) is 23.1. The molecule has 0 saturated carbocycles. The number of amides is 1. The first-order valence-electron chi connectivity index (χ1n) is 9.66. The van der Waals surface area contributed by atoms with Crippen LogP contribution in [0, 0.1) is 5.92 Å². The fourth-order valence-corrected chi connectivity index (χ4v) is 2.86. The van der Waals surface area contributed by atoms with Crippen molar-refractivity contribution in [3.8, 4) is 0 Å². The highest BCUT2D eigenvalue weighted by atomic mass is 16.3. The third kappa shape index (κ3) is 8.63. The van der Waals surface area contributed by atoms with Gasteiger partial charge in [0.05, 0.1) is 18.2 Å². The van der Waals surface area contributed by atoms with Gasteiger partial charge in [0, 0.05) is 12.8 Å². The molecule has 0 aliphatic heterocycles. The summed E-state index contributed by atoms with van der Waals surface area (Å²) in [5.74, 6) is -0.754. The molecule has 0 saturated heterocycles. The van der Waals surface area contributed by atoms with E-state index in [0.29, 0.717) is 18.4 Å². The molecule has 4 unspecified atom stereocenters. The Morgan fingerprint density at radius 2 is 1.54 bits per heavy atom. The molecule has 5 heteroatoms. The van der Waals surface area contributed by atoms with Crippen LogP contribution in [0.4, 0.5) is 0 Å². The molecule has 28 heavy (non-hydrogen) atoms. The highest BCUT2D eigenvalue weighted by molar-refractivity contribution is 5.97. The standard InChI is InChI=1S/C23H33NO4/c1-15-6-10-20(26)12-8-16(2)14-22(24-19(5)25)18(4)23(28)17(3)9-13-21(27)11-7-15/h6-9,11-12,14,18,20-22,26-27H,10,13H2,1-5H3,(H,24,25). The van der Waals surface area contributed by atoms with Gasteiger partial charge in [0.1, 0.15) is 0 Å². The maximum Gasteiger partial charge on any atom is 0.217 e. The zero-order valence-corrected chi connectivity index (χ0v) is 17.5. The number of aliphatic hydroxyl groups is 2. The predicted octanol–water partition coefficient (Wildman–Crippen LogP) is 3.16. The Morgan fingerprint density at radius 3 is 2.11 bits per heavy atom. The van der Waals surface area contributed by atoms with Gasteiger partial charge in [-0.15, -0.1) is 0 Å². The van der Waals surface area contributed by atoms with Crippen molar-refractivity contribution in [2.24, 2.45) is 5.92 Å². The minimum absolute atomic E-state index is 0.0802. The lowest BCUT2D eigenvalue weighted by Gasteiger charge is -2.22. The SMILES string of the molecule is CC(=O)NC1C=C(C)C=CC(O)CC=C(C)C=CC(O)CC=C(C)C(=O)C1C. The summed E-state index contributed by atoms with van der Waals surface area (Å²) in [7, 11) is 0. The second kappa shape index (κ2) is 11.6. The summed E-state index contributed by atoms with van der Waals surface area (Å²) < 4.78 is 0. The number of hydrogen-bond acceptors (Lipinski definition) is 4. The molecule has 0 aromatic heterocycles. The monoisotopic (exact) mass is 387 g/mol. The normalized spacial score (nSPS) is 28.1. The smallest absolute Gasteiger partial charge is 0.217 e. The van der Waals surface area contributed by atoms with Gasteiger partial charge in [-0.2, -0.15) is 0 Å². The topological polar surface area (TPSA) is 86.6 Å². The van der Waals surface area contributed by atoms with Crippen molar-refractivity contribution in [1.29, 1.82) is 0 Å². The third-order valence-electron chi connectivity index (χ3n) is 4.66. The number of nitrogens with one attached hydrogen (secondary N) is 1. The number of rotatable bonds is 1. The van der Waals surface area contributed by atoms with Crippen LogP contribution in [-0.4, -0.2) is 40.2 Å². The molecule has 1 aliphatic carbocycles. The molecule has 0 aromatic carbocycles. The maximum absolute atomic E-state index is 12.8. The first-order chi connectivity index (χ1) is 13.1. The quantitative estimate of drug-likeness (QED) is 0.645. The number of carbonyl (C=O) groups excluding carboxylic acids is 2. The van der Waals surface area contributed by atoms with Crippen LogP contribution in [0.3, 0.4) is 0 Å². The van der Waals surface area contributed by atoms with Crippen molar-refractivity contribution in [3.63, 3.8) is 0 Å². The number of carbonyl (C=O) groups is 2. The summed E-state index contributed by atoms with van der Waals surface area (Å²) in [6.45, 7) is 8.70. The molecule has 3 N–H and O–H groups in total. The molecular weight excluding hydrogens is 354 g/mol. The highest BCUT2D eigenvalue weighted by Gasteiger charge is 2.24. The maximum atomic E-state index is 12.8. The summed E-state index contributed by atoms with van der Waals surface area (Å²) in [6, 6.07) is -0.460. The second-order valence-corrected chi connectivity index (χ2v) is 7.45. The number of hydrogen-bond donors (Lipinski definition) is 3. The molecule has 5 nitrogen and oxygen atoms in total. The van der Waals surface area contributed by atoms with Gasteiger partial charge in [0.15, 0.2) is 5.78 Å². The molecule has 1 rings (SSSR count). The lowest BCUT2D eigenvalue weighted by Crippen LogP contribution is -2.40. The summed E-state index contributed by atoms with van der Waals surface area (Å²) >= 11 is 0. The van der Waals surface area contributed by atoms with Crippen LogP contribution < -0.4 is 5.32 Å². The van der Waals surface area contributed by atoms with Gasteiger partial charge in [0.2, 0.25) is 5.91 Å². The molecular formula is C23H33NO4. The number of ketones is 1. The fourth-order valence-electron chi connectivity index (χ4n) is 2.86. The van der Waals surface area contributed by atoms with E-state index in [-0.39, 0.29) is 11.7 Å². The van der Waals surface area contributed by atoms with Crippen LogP contribution in [0.5, 0.6) is 0 Å². The van der Waals surface area contributed by atoms with Crippen LogP contribution in [0.1, 0.15) is 47.5 Å². The Balaban J connectivity index is 3.26. The fraction of sp³-hybridized carbons (Fsp3) is 0.478. The Labute approximate surface area is 168 Å². The van der Waals surface area contributed by atoms with Gasteiger partial charge in [-0.05, 0) is 39.2 Å². The predicted molar refractivity (Wildman–Crippen MR) is 113 cm³/mol. The Kier molecular flexibility index (Phi) is 9.83. The molecule has 0 heterocycles. The molecule has 1 aliphatic rings. The summed E-state index contributed by atoms with van der Waals surface area (Å²) in [6.07, 6.45) is 11.9. The lowest BCUT2D eigenvalue weighted by atomic mass is 9.90. The average molecular weight is 388 g/mol. The van der Waals surface area contributed by atoms with Gasteiger partial charge in [-0.1, -0.05) is 60.6 Å². The van der Waals surface area contributed by atoms with Crippen LogP contribution >= 0.6 is 0 Å². The van der Waals surface area contributed by atoms with E-state index in [9.17, 15) is 19.8 Å². The molecule has 0 aromatic rings. The van der Waals surface area contributed by atoms with E-state index >= 15 is 0 Å². The zero-order valence-electron chi connectivity index (χ0n) is 17.5. The molecule has 0 spiro atoms. The van der Waals surface area contributed by atoms with E-state index in [1.165, 1.54) is 6.92 Å². The van der Waals surface area contributed by atoms with E-state index < -0.39 is 24.2 Å². The van der Waals surface area contributed by atoms with Gasteiger partial charge >= 0.3 is 0 Å². The van der Waals surface area contributed by atoms with Crippen LogP contribution in [0.15, 0.2) is 59.3 Å². The van der Waals surface area contributed by atoms with Gasteiger partial charge in [0.25, 0.3) is 0 Å². The molecule has 1 amide bonds. The molecule has 4 atom stereocenters. The highest BCUT2D eigenvalue weighted by Crippen LogP contribution is 2.16. The number of aliphatic hydroxyl groups excluding tert-OH is 2. The van der Waals surface area contributed by atoms with Crippen molar-refractivity contribution < 1.29 is 19.8 Å². The zero-order chi connectivity index (χ0) is 21.3. The van der Waals surface area contributed by atoms with Gasteiger partial charge in [-0.3, -0.25) is 9.59 Å². The van der Waals surface area contributed by atoms with Crippen LogP contribution in [0.2, 0.25) is 0 Å². The van der Waals surface area contributed by atoms with E-state index in [0.717, 1.165) is 11.1 Å². The molecule has 0 fully saturated rings. The Morgan fingerprint density at radius 1 is 1.00 bits per heavy atom. The van der Waals surface area contributed by atoms with Crippen molar-refractivity contribution in [2.45, 2.75) is 65.7 Å². The minimum atomic E-state index is -0.699.